The molecule has 0 aliphatic heterocycles. The highest BCUT2D eigenvalue weighted by Crippen LogP contribution is 2.32. The van der Waals surface area contributed by atoms with Crippen LogP contribution in [0.3, 0.4) is 0 Å². The number of hydrogen-bond donors (Lipinski definition) is 1. The summed E-state index contributed by atoms with van der Waals surface area (Å²) in [5.74, 6) is 1.86. The van der Waals surface area contributed by atoms with E-state index < -0.39 is 0 Å². The van der Waals surface area contributed by atoms with Crippen LogP contribution < -0.4 is 0 Å². The Labute approximate surface area is 114 Å². The van der Waals surface area contributed by atoms with Crippen molar-refractivity contribution in [3.8, 4) is 0 Å². The van der Waals surface area contributed by atoms with Crippen molar-refractivity contribution in [1.29, 1.82) is 0 Å². The summed E-state index contributed by atoms with van der Waals surface area (Å²) < 4.78 is 5.61. The molecule has 0 saturated heterocycles. The first-order valence-corrected chi connectivity index (χ1v) is 7.23. The summed E-state index contributed by atoms with van der Waals surface area (Å²) in [4.78, 5) is 8.22. The average Bonchev–Trinajstić information content (AvgIpc) is 2.69. The van der Waals surface area contributed by atoms with Gasteiger partial charge in [0.1, 0.15) is 5.82 Å². The zero-order chi connectivity index (χ0) is 13.4. The van der Waals surface area contributed by atoms with Gasteiger partial charge in [0.25, 0.3) is 0 Å². The summed E-state index contributed by atoms with van der Waals surface area (Å²) in [5, 5.41) is 0. The molecule has 0 unspecified atom stereocenters. The van der Waals surface area contributed by atoms with Gasteiger partial charge in [-0.15, -0.1) is 0 Å². The highest BCUT2D eigenvalue weighted by Gasteiger charge is 2.30. The van der Waals surface area contributed by atoms with E-state index in [-0.39, 0.29) is 0 Å². The minimum Gasteiger partial charge on any atom is -0.378 e. The van der Waals surface area contributed by atoms with Crippen molar-refractivity contribution in [3.05, 3.63) is 29.1 Å². The monoisotopic (exact) mass is 258 g/mol. The maximum absolute atomic E-state index is 5.61. The maximum Gasteiger partial charge on any atom is 0.107 e. The van der Waals surface area contributed by atoms with E-state index >= 15 is 0 Å². The van der Waals surface area contributed by atoms with Gasteiger partial charge in [-0.25, -0.2) is 4.98 Å². The number of nitrogens with zero attached hydrogens (tertiary/aromatic N) is 1. The summed E-state index contributed by atoms with van der Waals surface area (Å²) >= 11 is 0. The molecule has 1 heterocycles. The normalized spacial score (nSPS) is 22.7. The van der Waals surface area contributed by atoms with Crippen molar-refractivity contribution in [2.24, 2.45) is 5.92 Å². The highest BCUT2D eigenvalue weighted by atomic mass is 16.5. The van der Waals surface area contributed by atoms with E-state index in [0.29, 0.717) is 6.10 Å². The van der Waals surface area contributed by atoms with Gasteiger partial charge < -0.3 is 9.72 Å². The van der Waals surface area contributed by atoms with Gasteiger partial charge >= 0.3 is 0 Å². The molecular weight excluding hydrogens is 236 g/mol. The third-order valence-electron chi connectivity index (χ3n) is 4.05. The fraction of sp³-hybridized carbons (Fsp3) is 0.562. The molecule has 1 aliphatic rings. The molecule has 2 aromatic rings. The van der Waals surface area contributed by atoms with E-state index in [1.807, 2.05) is 0 Å². The summed E-state index contributed by atoms with van der Waals surface area (Å²) in [6.45, 7) is 7.16. The van der Waals surface area contributed by atoms with Crippen molar-refractivity contribution < 1.29 is 4.74 Å². The molecular formula is C16H22N2O. The summed E-state index contributed by atoms with van der Waals surface area (Å²) in [6, 6.07) is 4.38. The second-order valence-corrected chi connectivity index (χ2v) is 5.78. The average molecular weight is 258 g/mol. The van der Waals surface area contributed by atoms with E-state index in [0.717, 1.165) is 30.3 Å². The Hall–Kier alpha value is -1.35. The molecule has 0 bridgehead atoms. The van der Waals surface area contributed by atoms with Crippen LogP contribution in [0.2, 0.25) is 0 Å². The molecule has 0 spiro atoms. The van der Waals surface area contributed by atoms with Crippen LogP contribution in [0.4, 0.5) is 0 Å². The van der Waals surface area contributed by atoms with E-state index in [1.165, 1.54) is 29.5 Å². The number of imidazole rings is 1. The Balaban J connectivity index is 1.71. The molecule has 1 N–H and O–H groups in total. The lowest BCUT2D eigenvalue weighted by Crippen LogP contribution is -2.32. The van der Waals surface area contributed by atoms with Crippen molar-refractivity contribution in [2.45, 2.75) is 46.1 Å². The number of aryl methyl sites for hydroxylation is 2. The van der Waals surface area contributed by atoms with Crippen LogP contribution in [-0.2, 0) is 11.2 Å². The van der Waals surface area contributed by atoms with E-state index in [4.69, 9.17) is 9.72 Å². The van der Waals surface area contributed by atoms with Gasteiger partial charge in [0.05, 0.1) is 17.1 Å². The topological polar surface area (TPSA) is 37.9 Å². The molecule has 0 atom stereocenters. The number of hydrogen-bond acceptors (Lipinski definition) is 2. The smallest absolute Gasteiger partial charge is 0.107 e. The van der Waals surface area contributed by atoms with Crippen molar-refractivity contribution in [2.75, 3.05) is 6.61 Å². The molecule has 1 fully saturated rings. The van der Waals surface area contributed by atoms with Crippen LogP contribution in [0.1, 0.15) is 36.7 Å². The molecule has 0 radical (unpaired) electrons. The zero-order valence-electron chi connectivity index (χ0n) is 12.0. The highest BCUT2D eigenvalue weighted by molar-refractivity contribution is 5.79. The first-order valence-electron chi connectivity index (χ1n) is 7.23. The van der Waals surface area contributed by atoms with Crippen molar-refractivity contribution in [1.82, 2.24) is 9.97 Å². The van der Waals surface area contributed by atoms with Gasteiger partial charge in [-0.2, -0.15) is 0 Å². The fourth-order valence-electron chi connectivity index (χ4n) is 3.11. The third-order valence-corrected chi connectivity index (χ3v) is 4.05. The zero-order valence-corrected chi connectivity index (χ0v) is 12.0. The van der Waals surface area contributed by atoms with Gasteiger partial charge in [0.15, 0.2) is 0 Å². The number of benzene rings is 1. The van der Waals surface area contributed by atoms with Crippen LogP contribution in [-0.4, -0.2) is 22.7 Å². The summed E-state index contributed by atoms with van der Waals surface area (Å²) in [5.41, 5.74) is 4.85. The first-order chi connectivity index (χ1) is 9.15. The van der Waals surface area contributed by atoms with Gasteiger partial charge in [-0.1, -0.05) is 6.07 Å². The van der Waals surface area contributed by atoms with Crippen LogP contribution in [0.5, 0.6) is 0 Å². The molecule has 1 saturated carbocycles. The second-order valence-electron chi connectivity index (χ2n) is 5.78. The lowest BCUT2D eigenvalue weighted by Gasteiger charge is -2.34. The molecule has 19 heavy (non-hydrogen) atoms. The molecule has 3 nitrogen and oxygen atoms in total. The second kappa shape index (κ2) is 4.97. The molecule has 102 valence electrons. The van der Waals surface area contributed by atoms with Crippen LogP contribution in [0.25, 0.3) is 11.0 Å². The first kappa shape index (κ1) is 12.7. The lowest BCUT2D eigenvalue weighted by molar-refractivity contribution is -0.0244. The number of H-pyrrole nitrogens is 1. The number of nitrogens with one attached hydrogen (secondary N) is 1. The Morgan fingerprint density at radius 1 is 1.32 bits per heavy atom. The number of aromatic nitrogens is 2. The Morgan fingerprint density at radius 2 is 2.11 bits per heavy atom. The molecule has 0 amide bonds. The standard InChI is InChI=1S/C16H22N2O/c1-4-19-13-7-12(8-13)9-15-17-14-6-10(2)5-11(3)16(14)18-15/h5-6,12-13H,4,7-9H2,1-3H3,(H,17,18). The van der Waals surface area contributed by atoms with Gasteiger partial charge in [0, 0.05) is 13.0 Å². The number of fused-ring (bicyclic) bond motifs is 1. The Bertz CT molecular complexity index is 582. The van der Waals surface area contributed by atoms with Gasteiger partial charge in [-0.05, 0) is 56.7 Å². The van der Waals surface area contributed by atoms with Crippen molar-refractivity contribution >= 4 is 11.0 Å². The lowest BCUT2D eigenvalue weighted by atomic mass is 9.80. The minimum atomic E-state index is 0.489. The quantitative estimate of drug-likeness (QED) is 0.911. The van der Waals surface area contributed by atoms with E-state index in [9.17, 15) is 0 Å². The molecule has 1 aromatic carbocycles. The molecule has 3 rings (SSSR count). The molecule has 3 heteroatoms. The Kier molecular flexibility index (Phi) is 3.31. The van der Waals surface area contributed by atoms with Gasteiger partial charge in [-0.3, -0.25) is 0 Å². The van der Waals surface area contributed by atoms with E-state index in [1.54, 1.807) is 0 Å². The van der Waals surface area contributed by atoms with Crippen LogP contribution in [0.15, 0.2) is 12.1 Å². The predicted molar refractivity (Wildman–Crippen MR) is 77.4 cm³/mol. The van der Waals surface area contributed by atoms with Crippen LogP contribution >= 0.6 is 0 Å². The van der Waals surface area contributed by atoms with Crippen LogP contribution in [0, 0.1) is 19.8 Å². The Morgan fingerprint density at radius 3 is 2.84 bits per heavy atom. The summed E-state index contributed by atoms with van der Waals surface area (Å²) in [7, 11) is 0. The SMILES string of the molecule is CCOC1CC(Cc2nc3c(C)cc(C)cc3[nH]2)C1. The number of aromatic amines is 1. The summed E-state index contributed by atoms with van der Waals surface area (Å²) in [6.07, 6.45) is 3.91. The fourth-order valence-corrected chi connectivity index (χ4v) is 3.11. The van der Waals surface area contributed by atoms with Crippen molar-refractivity contribution in [3.63, 3.8) is 0 Å². The maximum atomic E-state index is 5.61. The number of rotatable bonds is 4. The minimum absolute atomic E-state index is 0.489. The predicted octanol–water partition coefficient (Wildman–Crippen LogP) is 3.54. The third kappa shape index (κ3) is 2.52. The number of ether oxygens (including phenoxy) is 1. The molecule has 1 aromatic heterocycles. The largest absolute Gasteiger partial charge is 0.378 e. The van der Waals surface area contributed by atoms with Gasteiger partial charge in [0.2, 0.25) is 0 Å². The van der Waals surface area contributed by atoms with E-state index in [2.05, 4.69) is 37.9 Å². The molecule has 1 aliphatic carbocycles.